The molecule has 9 heteroatoms. The second kappa shape index (κ2) is 10.9. The van der Waals surface area contributed by atoms with Gasteiger partial charge in [-0.1, -0.05) is 43.5 Å². The van der Waals surface area contributed by atoms with Crippen LogP contribution in [0.2, 0.25) is 0 Å². The maximum atomic E-state index is 12.4. The summed E-state index contributed by atoms with van der Waals surface area (Å²) in [7, 11) is 0. The molecule has 9 nitrogen and oxygen atoms in total. The maximum absolute atomic E-state index is 12.4. The van der Waals surface area contributed by atoms with Crippen molar-refractivity contribution < 1.29 is 4.79 Å². The fraction of sp³-hybridized carbons (Fsp3) is 0.367. The highest BCUT2D eigenvalue weighted by Crippen LogP contribution is 2.31. The van der Waals surface area contributed by atoms with E-state index < -0.39 is 0 Å². The van der Waals surface area contributed by atoms with Crippen LogP contribution in [0.4, 0.5) is 22.0 Å². The van der Waals surface area contributed by atoms with E-state index in [0.29, 0.717) is 11.9 Å². The number of anilines is 3. The molecule has 1 aliphatic carbocycles. The second-order valence-electron chi connectivity index (χ2n) is 10.7. The van der Waals surface area contributed by atoms with Crippen LogP contribution in [0.15, 0.2) is 60.9 Å². The minimum absolute atomic E-state index is 0.156. The molecule has 1 atom stereocenters. The van der Waals surface area contributed by atoms with Gasteiger partial charge in [0.25, 0.3) is 0 Å². The Morgan fingerprint density at radius 1 is 0.974 bits per heavy atom. The molecule has 6 rings (SSSR count). The van der Waals surface area contributed by atoms with Crippen LogP contribution in [0.1, 0.15) is 39.0 Å². The van der Waals surface area contributed by atoms with Crippen LogP contribution in [-0.2, 0) is 0 Å². The molecule has 2 amide bonds. The third-order valence-electron chi connectivity index (χ3n) is 7.87. The molecule has 2 aromatic heterocycles. The summed E-state index contributed by atoms with van der Waals surface area (Å²) < 4.78 is 1.69. The largest absolute Gasteiger partial charge is 0.383 e. The lowest BCUT2D eigenvalue weighted by Crippen LogP contribution is -2.49. The monoisotopic (exact) mass is 524 g/mol. The van der Waals surface area contributed by atoms with E-state index in [-0.39, 0.29) is 12.1 Å². The number of nitrogen functional groups attached to an aromatic ring is 1. The first-order valence-corrected chi connectivity index (χ1v) is 13.9. The van der Waals surface area contributed by atoms with Crippen molar-refractivity contribution in [3.8, 4) is 22.3 Å². The van der Waals surface area contributed by atoms with Gasteiger partial charge in [0.15, 0.2) is 5.65 Å². The van der Waals surface area contributed by atoms with E-state index in [0.717, 1.165) is 66.1 Å². The van der Waals surface area contributed by atoms with Crippen molar-refractivity contribution in [1.82, 2.24) is 25.2 Å². The zero-order valence-corrected chi connectivity index (χ0v) is 22.4. The molecule has 1 aliphatic heterocycles. The average molecular weight is 525 g/mol. The van der Waals surface area contributed by atoms with Crippen LogP contribution in [-0.4, -0.2) is 52.3 Å². The summed E-state index contributed by atoms with van der Waals surface area (Å²) >= 11 is 0. The van der Waals surface area contributed by atoms with Crippen LogP contribution < -0.4 is 26.6 Å². The molecule has 2 aromatic carbocycles. The highest BCUT2D eigenvalue weighted by molar-refractivity contribution is 5.90. The Kier molecular flexibility index (Phi) is 7.06. The second-order valence-corrected chi connectivity index (χ2v) is 10.7. The number of aromatic nitrogens is 3. The van der Waals surface area contributed by atoms with Gasteiger partial charge >= 0.3 is 6.03 Å². The van der Waals surface area contributed by atoms with Gasteiger partial charge in [-0.05, 0) is 55.2 Å². The van der Waals surface area contributed by atoms with Gasteiger partial charge in [0.1, 0.15) is 5.82 Å². The van der Waals surface area contributed by atoms with E-state index in [2.05, 4.69) is 57.1 Å². The number of hydrogen-bond donors (Lipinski definition) is 4. The molecule has 4 aromatic rings. The van der Waals surface area contributed by atoms with Crippen LogP contribution in [0.5, 0.6) is 0 Å². The van der Waals surface area contributed by atoms with Gasteiger partial charge < -0.3 is 26.6 Å². The first kappa shape index (κ1) is 25.2. The van der Waals surface area contributed by atoms with Crippen molar-refractivity contribution in [3.63, 3.8) is 0 Å². The normalized spacial score (nSPS) is 18.3. The van der Waals surface area contributed by atoms with Gasteiger partial charge in [0.2, 0.25) is 0 Å². The lowest BCUT2D eigenvalue weighted by Gasteiger charge is -2.33. The van der Waals surface area contributed by atoms with Crippen LogP contribution in [0, 0.1) is 0 Å². The summed E-state index contributed by atoms with van der Waals surface area (Å²) in [5.74, 6) is 0.522. The molecule has 3 heterocycles. The Labute approximate surface area is 228 Å². The Bertz CT molecular complexity index is 1440. The van der Waals surface area contributed by atoms with E-state index in [9.17, 15) is 4.79 Å². The van der Waals surface area contributed by atoms with Crippen molar-refractivity contribution in [2.75, 3.05) is 35.6 Å². The molecular formula is C30H36N8O. The summed E-state index contributed by atoms with van der Waals surface area (Å²) in [6.07, 6.45) is 9.34. The predicted octanol–water partition coefficient (Wildman–Crippen LogP) is 4.90. The Balaban J connectivity index is 1.17. The summed E-state index contributed by atoms with van der Waals surface area (Å²) in [5.41, 5.74) is 12.9. The molecule has 0 radical (unpaired) electrons. The topological polar surface area (TPSA) is 113 Å². The number of amides is 2. The smallest absolute Gasteiger partial charge is 0.319 e. The minimum Gasteiger partial charge on any atom is -0.383 e. The Hall–Kier alpha value is -4.11. The van der Waals surface area contributed by atoms with E-state index >= 15 is 0 Å². The van der Waals surface area contributed by atoms with Gasteiger partial charge in [-0.3, -0.25) is 0 Å². The van der Waals surface area contributed by atoms with E-state index in [1.54, 1.807) is 10.7 Å². The molecule has 1 unspecified atom stereocenters. The quantitative estimate of drug-likeness (QED) is 0.296. The van der Waals surface area contributed by atoms with Crippen molar-refractivity contribution in [2.45, 2.75) is 51.1 Å². The molecule has 0 bridgehead atoms. The van der Waals surface area contributed by atoms with E-state index in [1.807, 2.05) is 30.5 Å². The summed E-state index contributed by atoms with van der Waals surface area (Å²) in [4.78, 5) is 19.5. The lowest BCUT2D eigenvalue weighted by atomic mass is 9.96. The number of nitrogens with one attached hydrogen (secondary N) is 3. The van der Waals surface area contributed by atoms with Crippen molar-refractivity contribution in [2.24, 2.45) is 0 Å². The first-order valence-electron chi connectivity index (χ1n) is 13.9. The fourth-order valence-electron chi connectivity index (χ4n) is 5.73. The third kappa shape index (κ3) is 5.40. The average Bonchev–Trinajstić information content (AvgIpc) is 3.40. The van der Waals surface area contributed by atoms with Crippen LogP contribution in [0.3, 0.4) is 0 Å². The zero-order chi connectivity index (χ0) is 26.8. The zero-order valence-electron chi connectivity index (χ0n) is 22.4. The van der Waals surface area contributed by atoms with Gasteiger partial charge in [-0.2, -0.15) is 9.61 Å². The minimum atomic E-state index is -0.156. The van der Waals surface area contributed by atoms with Crippen LogP contribution in [0.25, 0.3) is 27.9 Å². The number of nitrogens with two attached hydrogens (primary N) is 1. The number of fused-ring (bicyclic) bond motifs is 1. The third-order valence-corrected chi connectivity index (χ3v) is 7.87. The summed E-state index contributed by atoms with van der Waals surface area (Å²) in [6.45, 7) is 5.22. The lowest BCUT2D eigenvalue weighted by molar-refractivity contribution is 0.244. The molecule has 1 saturated heterocycles. The number of hydrogen-bond acceptors (Lipinski definition) is 6. The molecular weight excluding hydrogens is 488 g/mol. The number of rotatable bonds is 5. The van der Waals surface area contributed by atoms with Gasteiger partial charge in [0.05, 0.1) is 6.20 Å². The Morgan fingerprint density at radius 3 is 2.44 bits per heavy atom. The SMILES string of the molecule is CC1CN(c2ccc(-c3cnn4c(N)c(-c5ccc(NC(=O)NC6CCCCC6)cc5)cnc34)cc2)CCN1. The number of carbonyl (C=O) groups is 1. The van der Waals surface area contributed by atoms with Gasteiger partial charge in [-0.25, -0.2) is 9.78 Å². The van der Waals surface area contributed by atoms with E-state index in [4.69, 9.17) is 10.7 Å². The molecule has 5 N–H and O–H groups in total. The van der Waals surface area contributed by atoms with Crippen LogP contribution >= 0.6 is 0 Å². The van der Waals surface area contributed by atoms with Gasteiger partial charge in [0, 0.05) is 60.4 Å². The molecule has 0 spiro atoms. The predicted molar refractivity (Wildman–Crippen MR) is 157 cm³/mol. The molecule has 2 aliphatic rings. The van der Waals surface area contributed by atoms with Crippen molar-refractivity contribution in [1.29, 1.82) is 0 Å². The molecule has 202 valence electrons. The number of benzene rings is 2. The summed E-state index contributed by atoms with van der Waals surface area (Å²) in [5, 5.41) is 14.1. The number of urea groups is 1. The number of nitrogens with zero attached hydrogens (tertiary/aromatic N) is 4. The Morgan fingerprint density at radius 2 is 1.69 bits per heavy atom. The highest BCUT2D eigenvalue weighted by Gasteiger charge is 2.18. The number of carbonyl (C=O) groups excluding carboxylic acids is 1. The fourth-order valence-corrected chi connectivity index (χ4v) is 5.73. The molecule has 1 saturated carbocycles. The van der Waals surface area contributed by atoms with E-state index in [1.165, 1.54) is 24.9 Å². The molecule has 2 fully saturated rings. The number of piperazine rings is 1. The highest BCUT2D eigenvalue weighted by atomic mass is 16.2. The van der Waals surface area contributed by atoms with Gasteiger partial charge in [-0.15, -0.1) is 0 Å². The summed E-state index contributed by atoms with van der Waals surface area (Å²) in [6, 6.07) is 16.8. The first-order chi connectivity index (χ1) is 19.0. The standard InChI is InChI=1S/C30H36N8O/c1-20-19-37(16-15-32-20)25-13-9-22(10-14-25)27-18-34-38-28(31)26(17-33-29(27)38)21-7-11-24(12-8-21)36-30(39)35-23-5-3-2-4-6-23/h7-14,17-18,20,23,32H,2-6,15-16,19,31H2,1H3,(H2,35,36,39). The van der Waals surface area contributed by atoms with Crippen molar-refractivity contribution in [3.05, 3.63) is 60.9 Å². The van der Waals surface area contributed by atoms with Crippen molar-refractivity contribution >= 4 is 28.9 Å². The molecule has 39 heavy (non-hydrogen) atoms. The maximum Gasteiger partial charge on any atom is 0.319 e.